The molecule has 0 radical (unpaired) electrons. The van der Waals surface area contributed by atoms with Crippen molar-refractivity contribution >= 4 is 33.4 Å². The molecule has 126 valence electrons. The van der Waals surface area contributed by atoms with Gasteiger partial charge in [-0.2, -0.15) is 0 Å². The molecular weight excluding hydrogens is 382 g/mol. The van der Waals surface area contributed by atoms with Crippen molar-refractivity contribution in [3.63, 3.8) is 0 Å². The highest BCUT2D eigenvalue weighted by molar-refractivity contribution is 9.10. The van der Waals surface area contributed by atoms with Gasteiger partial charge in [0, 0.05) is 35.7 Å². The van der Waals surface area contributed by atoms with Crippen molar-refractivity contribution < 1.29 is 18.4 Å². The summed E-state index contributed by atoms with van der Waals surface area (Å²) in [6, 6.07) is 10.1. The zero-order valence-electron chi connectivity index (χ0n) is 12.9. The summed E-state index contributed by atoms with van der Waals surface area (Å²) in [5, 5.41) is 2.58. The first-order valence-corrected chi connectivity index (χ1v) is 7.94. The van der Waals surface area contributed by atoms with Crippen LogP contribution >= 0.6 is 15.9 Å². The molecule has 0 heterocycles. The third kappa shape index (κ3) is 4.61. The maximum absolute atomic E-state index is 13.1. The second-order valence-corrected chi connectivity index (χ2v) is 5.95. The van der Waals surface area contributed by atoms with Crippen LogP contribution in [0.25, 0.3) is 0 Å². The Labute approximate surface area is 146 Å². The molecule has 0 spiro atoms. The van der Waals surface area contributed by atoms with Crippen molar-refractivity contribution in [2.75, 3.05) is 18.0 Å². The van der Waals surface area contributed by atoms with Crippen LogP contribution in [0.5, 0.6) is 0 Å². The summed E-state index contributed by atoms with van der Waals surface area (Å²) < 4.78 is 26.9. The Morgan fingerprint density at radius 1 is 1.08 bits per heavy atom. The smallest absolute Gasteiger partial charge is 0.251 e. The highest BCUT2D eigenvalue weighted by atomic mass is 79.9. The third-order valence-corrected chi connectivity index (χ3v) is 3.85. The fourth-order valence-electron chi connectivity index (χ4n) is 2.11. The molecule has 0 aliphatic rings. The van der Waals surface area contributed by atoms with Gasteiger partial charge in [-0.25, -0.2) is 8.78 Å². The number of carbonyl (C=O) groups is 2. The Bertz CT molecular complexity index is 751. The van der Waals surface area contributed by atoms with Gasteiger partial charge < -0.3 is 10.2 Å². The van der Waals surface area contributed by atoms with E-state index in [4.69, 9.17) is 0 Å². The first-order valence-electron chi connectivity index (χ1n) is 7.15. The molecule has 7 heteroatoms. The number of amides is 2. The summed E-state index contributed by atoms with van der Waals surface area (Å²) in [4.78, 5) is 25.2. The molecule has 0 saturated heterocycles. The maximum atomic E-state index is 13.1. The van der Waals surface area contributed by atoms with Crippen molar-refractivity contribution in [3.8, 4) is 0 Å². The van der Waals surface area contributed by atoms with E-state index in [1.807, 2.05) is 12.1 Å². The summed E-state index contributed by atoms with van der Waals surface area (Å²) in [5.41, 5.74) is 0.722. The predicted octanol–water partition coefficient (Wildman–Crippen LogP) is 3.51. The van der Waals surface area contributed by atoms with E-state index in [0.29, 0.717) is 5.69 Å². The molecule has 0 aliphatic heterocycles. The molecular formula is C17H15BrF2N2O2. The van der Waals surface area contributed by atoms with Crippen LogP contribution < -0.4 is 10.2 Å². The van der Waals surface area contributed by atoms with Gasteiger partial charge in [0.2, 0.25) is 5.91 Å². The van der Waals surface area contributed by atoms with E-state index in [-0.39, 0.29) is 24.6 Å². The van der Waals surface area contributed by atoms with Gasteiger partial charge in [0.05, 0.1) is 0 Å². The lowest BCUT2D eigenvalue weighted by Gasteiger charge is -2.21. The number of halogens is 3. The Morgan fingerprint density at radius 2 is 1.75 bits per heavy atom. The van der Waals surface area contributed by atoms with Crippen molar-refractivity contribution in [2.45, 2.75) is 6.92 Å². The summed E-state index contributed by atoms with van der Waals surface area (Å²) >= 11 is 3.32. The number of carbonyl (C=O) groups excluding carboxylic acids is 2. The van der Waals surface area contributed by atoms with E-state index in [0.717, 1.165) is 16.6 Å². The largest absolute Gasteiger partial charge is 0.350 e. The van der Waals surface area contributed by atoms with Gasteiger partial charge in [0.25, 0.3) is 5.91 Å². The predicted molar refractivity (Wildman–Crippen MR) is 90.9 cm³/mol. The SMILES string of the molecule is CC(=O)N(CCNC(=O)c1ccc(F)c(F)c1)c1ccc(Br)cc1. The van der Waals surface area contributed by atoms with E-state index in [1.54, 1.807) is 12.1 Å². The number of nitrogens with one attached hydrogen (secondary N) is 1. The Morgan fingerprint density at radius 3 is 2.33 bits per heavy atom. The normalized spacial score (nSPS) is 10.3. The first-order chi connectivity index (χ1) is 11.4. The van der Waals surface area contributed by atoms with E-state index in [1.165, 1.54) is 17.9 Å². The number of benzene rings is 2. The van der Waals surface area contributed by atoms with Crippen LogP contribution in [0.2, 0.25) is 0 Å². The highest BCUT2D eigenvalue weighted by Crippen LogP contribution is 2.18. The molecule has 24 heavy (non-hydrogen) atoms. The zero-order valence-corrected chi connectivity index (χ0v) is 14.4. The molecule has 0 saturated carbocycles. The monoisotopic (exact) mass is 396 g/mol. The van der Waals surface area contributed by atoms with Crippen molar-refractivity contribution in [1.29, 1.82) is 0 Å². The van der Waals surface area contributed by atoms with Crippen molar-refractivity contribution in [2.24, 2.45) is 0 Å². The second-order valence-electron chi connectivity index (χ2n) is 5.03. The molecule has 4 nitrogen and oxygen atoms in total. The minimum absolute atomic E-state index is 0.0203. The lowest BCUT2D eigenvalue weighted by atomic mass is 10.2. The lowest BCUT2D eigenvalue weighted by molar-refractivity contribution is -0.116. The van der Waals surface area contributed by atoms with Gasteiger partial charge in [-0.3, -0.25) is 9.59 Å². The van der Waals surface area contributed by atoms with Crippen LogP contribution in [0.15, 0.2) is 46.9 Å². The number of hydrogen-bond donors (Lipinski definition) is 1. The molecule has 0 bridgehead atoms. The van der Waals surface area contributed by atoms with Crippen LogP contribution in [-0.4, -0.2) is 24.9 Å². The van der Waals surface area contributed by atoms with Crippen LogP contribution in [-0.2, 0) is 4.79 Å². The fourth-order valence-corrected chi connectivity index (χ4v) is 2.37. The molecule has 0 atom stereocenters. The van der Waals surface area contributed by atoms with Crippen molar-refractivity contribution in [1.82, 2.24) is 5.32 Å². The van der Waals surface area contributed by atoms with Gasteiger partial charge >= 0.3 is 0 Å². The van der Waals surface area contributed by atoms with Gasteiger partial charge in [0.15, 0.2) is 11.6 Å². The van der Waals surface area contributed by atoms with Crippen LogP contribution in [0.4, 0.5) is 14.5 Å². The topological polar surface area (TPSA) is 49.4 Å². The summed E-state index contributed by atoms with van der Waals surface area (Å²) in [7, 11) is 0. The maximum Gasteiger partial charge on any atom is 0.251 e. The van der Waals surface area contributed by atoms with Gasteiger partial charge in [-0.1, -0.05) is 15.9 Å². The van der Waals surface area contributed by atoms with E-state index >= 15 is 0 Å². The van der Waals surface area contributed by atoms with E-state index < -0.39 is 17.5 Å². The quantitative estimate of drug-likeness (QED) is 0.840. The standard InChI is InChI=1S/C17H15BrF2N2O2/c1-11(23)22(14-5-3-13(18)4-6-14)9-8-21-17(24)12-2-7-15(19)16(20)10-12/h2-7,10H,8-9H2,1H3,(H,21,24). The Balaban J connectivity index is 1.97. The summed E-state index contributed by atoms with van der Waals surface area (Å²) in [5.74, 6) is -2.79. The first kappa shape index (κ1) is 18.1. The average Bonchev–Trinajstić information content (AvgIpc) is 2.54. The average molecular weight is 397 g/mol. The van der Waals surface area contributed by atoms with Gasteiger partial charge in [-0.05, 0) is 42.5 Å². The molecule has 2 aromatic rings. The Kier molecular flexibility index (Phi) is 6.03. The molecule has 2 rings (SSSR count). The molecule has 1 N–H and O–H groups in total. The van der Waals surface area contributed by atoms with Crippen LogP contribution in [0.3, 0.4) is 0 Å². The highest BCUT2D eigenvalue weighted by Gasteiger charge is 2.13. The second kappa shape index (κ2) is 8.01. The number of hydrogen-bond acceptors (Lipinski definition) is 2. The van der Waals surface area contributed by atoms with Crippen molar-refractivity contribution in [3.05, 3.63) is 64.1 Å². The third-order valence-electron chi connectivity index (χ3n) is 3.32. The summed E-state index contributed by atoms with van der Waals surface area (Å²) in [6.45, 7) is 1.86. The number of nitrogens with zero attached hydrogens (tertiary/aromatic N) is 1. The molecule has 0 aromatic heterocycles. The van der Waals surface area contributed by atoms with Crippen LogP contribution in [0, 0.1) is 11.6 Å². The van der Waals surface area contributed by atoms with Crippen LogP contribution in [0.1, 0.15) is 17.3 Å². The molecule has 0 fully saturated rings. The number of rotatable bonds is 5. The zero-order chi connectivity index (χ0) is 17.7. The number of anilines is 1. The lowest BCUT2D eigenvalue weighted by Crippen LogP contribution is -2.37. The minimum Gasteiger partial charge on any atom is -0.350 e. The summed E-state index contributed by atoms with van der Waals surface area (Å²) in [6.07, 6.45) is 0. The van der Waals surface area contributed by atoms with Gasteiger partial charge in [-0.15, -0.1) is 0 Å². The van der Waals surface area contributed by atoms with Gasteiger partial charge in [0.1, 0.15) is 0 Å². The Hall–Kier alpha value is -2.28. The molecule has 0 aliphatic carbocycles. The van der Waals surface area contributed by atoms with E-state index in [9.17, 15) is 18.4 Å². The fraction of sp³-hybridized carbons (Fsp3) is 0.176. The molecule has 2 aromatic carbocycles. The minimum atomic E-state index is -1.08. The molecule has 0 unspecified atom stereocenters. The van der Waals surface area contributed by atoms with E-state index in [2.05, 4.69) is 21.2 Å². The molecule has 2 amide bonds.